The predicted molar refractivity (Wildman–Crippen MR) is 63.6 cm³/mol. The quantitative estimate of drug-likeness (QED) is 0.679. The molecule has 1 rings (SSSR count). The summed E-state index contributed by atoms with van der Waals surface area (Å²) in [6.07, 6.45) is 3.41. The average Bonchev–Trinajstić information content (AvgIpc) is 2.68. The van der Waals surface area contributed by atoms with Crippen LogP contribution in [0.5, 0.6) is 0 Å². The molecule has 0 aliphatic carbocycles. The smallest absolute Gasteiger partial charge is 0.303 e. The van der Waals surface area contributed by atoms with Gasteiger partial charge in [-0.15, -0.1) is 0 Å². The number of aromatic nitrogens is 1. The molecular formula is C12H20N2O3. The van der Waals surface area contributed by atoms with Crippen LogP contribution >= 0.6 is 0 Å². The third kappa shape index (κ3) is 5.49. The molecule has 0 amide bonds. The molecule has 96 valence electrons. The van der Waals surface area contributed by atoms with E-state index in [-0.39, 0.29) is 6.42 Å². The number of nitrogens with zero attached hydrogens (tertiary/aromatic N) is 1. The van der Waals surface area contributed by atoms with E-state index in [1.165, 1.54) is 6.39 Å². The van der Waals surface area contributed by atoms with Gasteiger partial charge in [0, 0.05) is 13.0 Å². The van der Waals surface area contributed by atoms with Crippen molar-refractivity contribution in [3.8, 4) is 0 Å². The Balaban J connectivity index is 2.08. The van der Waals surface area contributed by atoms with Gasteiger partial charge in [0.05, 0.1) is 5.69 Å². The topological polar surface area (TPSA) is 75.4 Å². The Kier molecular flexibility index (Phi) is 5.69. The van der Waals surface area contributed by atoms with Gasteiger partial charge in [-0.2, -0.15) is 0 Å². The summed E-state index contributed by atoms with van der Waals surface area (Å²) in [5.74, 6) is 0.552. The minimum atomic E-state index is -0.719. The van der Waals surface area contributed by atoms with Crippen LogP contribution in [-0.2, 0) is 11.3 Å². The summed E-state index contributed by atoms with van der Waals surface area (Å²) in [5, 5.41) is 11.8. The second kappa shape index (κ2) is 7.06. The first-order valence-corrected chi connectivity index (χ1v) is 5.91. The highest BCUT2D eigenvalue weighted by molar-refractivity contribution is 5.66. The molecule has 0 fully saturated rings. The summed E-state index contributed by atoms with van der Waals surface area (Å²) < 4.78 is 5.09. The third-order valence-corrected chi connectivity index (χ3v) is 2.80. The third-order valence-electron chi connectivity index (χ3n) is 2.80. The van der Waals surface area contributed by atoms with Crippen molar-refractivity contribution in [2.75, 3.05) is 6.54 Å². The fraction of sp³-hybridized carbons (Fsp3) is 0.667. The molecule has 1 aromatic heterocycles. The molecule has 0 bridgehead atoms. The number of carboxylic acid groups (broad SMARTS) is 1. The number of aryl methyl sites for hydroxylation is 1. The molecule has 5 nitrogen and oxygen atoms in total. The van der Waals surface area contributed by atoms with Gasteiger partial charge in [-0.05, 0) is 32.2 Å². The lowest BCUT2D eigenvalue weighted by atomic mass is 10.0. The Morgan fingerprint density at radius 3 is 2.94 bits per heavy atom. The Morgan fingerprint density at radius 2 is 2.35 bits per heavy atom. The summed E-state index contributed by atoms with van der Waals surface area (Å²) in [6, 6.07) is 0. The van der Waals surface area contributed by atoms with Crippen molar-refractivity contribution in [3.63, 3.8) is 0 Å². The van der Waals surface area contributed by atoms with Crippen LogP contribution in [0.1, 0.15) is 37.6 Å². The maximum atomic E-state index is 10.4. The van der Waals surface area contributed by atoms with Gasteiger partial charge in [0.15, 0.2) is 6.39 Å². The summed E-state index contributed by atoms with van der Waals surface area (Å²) in [6.45, 7) is 5.53. The Labute approximate surface area is 101 Å². The number of nitrogens with one attached hydrogen (secondary N) is 1. The Hall–Kier alpha value is -1.36. The van der Waals surface area contributed by atoms with E-state index in [4.69, 9.17) is 9.52 Å². The Bertz CT molecular complexity index is 349. The van der Waals surface area contributed by atoms with Gasteiger partial charge in [0.2, 0.25) is 0 Å². The highest BCUT2D eigenvalue weighted by Crippen LogP contribution is 2.09. The SMILES string of the molecule is Cc1ocnc1CNCCC(C)CCC(=O)O. The van der Waals surface area contributed by atoms with Crippen LogP contribution in [0.3, 0.4) is 0 Å². The molecule has 5 heteroatoms. The van der Waals surface area contributed by atoms with Crippen molar-refractivity contribution < 1.29 is 14.3 Å². The number of hydrogen-bond acceptors (Lipinski definition) is 4. The van der Waals surface area contributed by atoms with Crippen molar-refractivity contribution in [2.24, 2.45) is 5.92 Å². The molecular weight excluding hydrogens is 220 g/mol. The van der Waals surface area contributed by atoms with Gasteiger partial charge in [0.1, 0.15) is 5.76 Å². The minimum Gasteiger partial charge on any atom is -0.481 e. The van der Waals surface area contributed by atoms with E-state index in [1.807, 2.05) is 6.92 Å². The lowest BCUT2D eigenvalue weighted by molar-refractivity contribution is -0.137. The van der Waals surface area contributed by atoms with Crippen molar-refractivity contribution in [3.05, 3.63) is 17.8 Å². The van der Waals surface area contributed by atoms with Crippen LogP contribution < -0.4 is 5.32 Å². The number of rotatable bonds is 8. The van der Waals surface area contributed by atoms with E-state index in [2.05, 4.69) is 17.2 Å². The van der Waals surface area contributed by atoms with Crippen LogP contribution in [0.15, 0.2) is 10.8 Å². The van der Waals surface area contributed by atoms with Crippen LogP contribution in [0.2, 0.25) is 0 Å². The zero-order valence-corrected chi connectivity index (χ0v) is 10.4. The maximum Gasteiger partial charge on any atom is 0.303 e. The summed E-state index contributed by atoms with van der Waals surface area (Å²) >= 11 is 0. The maximum absolute atomic E-state index is 10.4. The normalized spacial score (nSPS) is 12.6. The van der Waals surface area contributed by atoms with E-state index in [0.717, 1.165) is 30.8 Å². The molecule has 1 heterocycles. The number of hydrogen-bond donors (Lipinski definition) is 2. The number of aliphatic carboxylic acids is 1. The second-order valence-corrected chi connectivity index (χ2v) is 4.36. The molecule has 1 atom stereocenters. The van der Waals surface area contributed by atoms with E-state index in [9.17, 15) is 4.79 Å². The molecule has 1 aromatic rings. The van der Waals surface area contributed by atoms with Gasteiger partial charge in [-0.3, -0.25) is 4.79 Å². The van der Waals surface area contributed by atoms with Gasteiger partial charge >= 0.3 is 5.97 Å². The molecule has 0 spiro atoms. The first kappa shape index (κ1) is 13.7. The zero-order valence-electron chi connectivity index (χ0n) is 10.4. The molecule has 0 aromatic carbocycles. The van der Waals surface area contributed by atoms with Crippen LogP contribution in [0.4, 0.5) is 0 Å². The number of carbonyl (C=O) groups is 1. The summed E-state index contributed by atoms with van der Waals surface area (Å²) in [7, 11) is 0. The highest BCUT2D eigenvalue weighted by Gasteiger charge is 2.06. The first-order valence-electron chi connectivity index (χ1n) is 5.91. The lowest BCUT2D eigenvalue weighted by Gasteiger charge is -2.10. The summed E-state index contributed by atoms with van der Waals surface area (Å²) in [4.78, 5) is 14.5. The van der Waals surface area contributed by atoms with E-state index in [0.29, 0.717) is 12.5 Å². The first-order chi connectivity index (χ1) is 8.09. The Morgan fingerprint density at radius 1 is 1.59 bits per heavy atom. The second-order valence-electron chi connectivity index (χ2n) is 4.36. The lowest BCUT2D eigenvalue weighted by Crippen LogP contribution is -2.18. The molecule has 17 heavy (non-hydrogen) atoms. The average molecular weight is 240 g/mol. The largest absolute Gasteiger partial charge is 0.481 e. The van der Waals surface area contributed by atoms with Gasteiger partial charge in [-0.1, -0.05) is 6.92 Å². The fourth-order valence-corrected chi connectivity index (χ4v) is 1.57. The van der Waals surface area contributed by atoms with Crippen molar-refractivity contribution in [1.82, 2.24) is 10.3 Å². The molecule has 2 N–H and O–H groups in total. The molecule has 0 saturated heterocycles. The molecule has 1 unspecified atom stereocenters. The van der Waals surface area contributed by atoms with Gasteiger partial charge < -0.3 is 14.8 Å². The van der Waals surface area contributed by atoms with E-state index >= 15 is 0 Å². The zero-order chi connectivity index (χ0) is 12.7. The van der Waals surface area contributed by atoms with Crippen LogP contribution in [0, 0.1) is 12.8 Å². The van der Waals surface area contributed by atoms with Gasteiger partial charge in [-0.25, -0.2) is 4.98 Å². The minimum absolute atomic E-state index is 0.254. The van der Waals surface area contributed by atoms with Crippen LogP contribution in [-0.4, -0.2) is 22.6 Å². The molecule has 0 aliphatic rings. The summed E-state index contributed by atoms with van der Waals surface area (Å²) in [5.41, 5.74) is 0.934. The fourth-order valence-electron chi connectivity index (χ4n) is 1.57. The highest BCUT2D eigenvalue weighted by atomic mass is 16.4. The standard InChI is InChI=1S/C12H20N2O3/c1-9(3-4-12(15)16)5-6-13-7-11-10(2)17-8-14-11/h8-9,13H,3-7H2,1-2H3,(H,15,16). The number of carboxylic acids is 1. The van der Waals surface area contributed by atoms with Crippen molar-refractivity contribution >= 4 is 5.97 Å². The predicted octanol–water partition coefficient (Wildman–Crippen LogP) is 1.96. The molecule has 0 radical (unpaired) electrons. The molecule has 0 saturated carbocycles. The van der Waals surface area contributed by atoms with Gasteiger partial charge in [0.25, 0.3) is 0 Å². The van der Waals surface area contributed by atoms with Crippen LogP contribution in [0.25, 0.3) is 0 Å². The van der Waals surface area contributed by atoms with E-state index < -0.39 is 5.97 Å². The van der Waals surface area contributed by atoms with E-state index in [1.54, 1.807) is 0 Å². The number of oxazole rings is 1. The van der Waals surface area contributed by atoms with Crippen molar-refractivity contribution in [1.29, 1.82) is 0 Å². The monoisotopic (exact) mass is 240 g/mol. The van der Waals surface area contributed by atoms with Crippen molar-refractivity contribution in [2.45, 2.75) is 39.7 Å². The molecule has 0 aliphatic heterocycles.